The van der Waals surface area contributed by atoms with Gasteiger partial charge in [0.15, 0.2) is 5.82 Å². The number of phenolic OH excluding ortho intramolecular Hbond substituents is 1. The second kappa shape index (κ2) is 25.8. The summed E-state index contributed by atoms with van der Waals surface area (Å²) >= 11 is 1.58. The summed E-state index contributed by atoms with van der Waals surface area (Å²) in [6.07, 6.45) is 8.26. The number of rotatable bonds is 16. The van der Waals surface area contributed by atoms with Gasteiger partial charge in [0.25, 0.3) is 11.8 Å². The van der Waals surface area contributed by atoms with Crippen LogP contribution in [0.15, 0.2) is 71.3 Å². The van der Waals surface area contributed by atoms with E-state index in [1.165, 1.54) is 4.90 Å². The van der Waals surface area contributed by atoms with Gasteiger partial charge in [-0.2, -0.15) is 9.97 Å². The number of piperidine rings is 1. The van der Waals surface area contributed by atoms with E-state index in [1.807, 2.05) is 103 Å². The largest absolute Gasteiger partial charge is 0.508 e. The van der Waals surface area contributed by atoms with Crippen LogP contribution >= 0.6 is 11.3 Å². The zero-order chi connectivity index (χ0) is 59.4. The quantitative estimate of drug-likeness (QED) is 0.0614. The first kappa shape index (κ1) is 61.2. The predicted molar refractivity (Wildman–Crippen MR) is 329 cm³/mol. The van der Waals surface area contributed by atoms with Gasteiger partial charge in [0.2, 0.25) is 5.91 Å². The van der Waals surface area contributed by atoms with Crippen LogP contribution < -0.4 is 20.3 Å². The fraction of sp³-hybridized carbons (Fsp3) is 0.531. The van der Waals surface area contributed by atoms with Gasteiger partial charge in [0, 0.05) is 55.7 Å². The Morgan fingerprint density at radius 3 is 2.31 bits per heavy atom. The summed E-state index contributed by atoms with van der Waals surface area (Å²) in [5, 5.41) is 19.6. The second-order valence-corrected chi connectivity index (χ2v) is 24.3. The van der Waals surface area contributed by atoms with Crippen LogP contribution in [0.5, 0.6) is 11.8 Å². The fourth-order valence-electron chi connectivity index (χ4n) is 12.0. The first-order valence-corrected chi connectivity index (χ1v) is 30.9. The number of nitrogens with zero attached hydrogens (tertiary/aromatic N) is 8. The van der Waals surface area contributed by atoms with Crippen molar-refractivity contribution in [1.82, 2.24) is 40.4 Å². The molecular weight excluding hydrogens is 1070 g/mol. The van der Waals surface area contributed by atoms with Crippen LogP contribution in [0.3, 0.4) is 0 Å². The number of nitrogens with one attached hydrogen (secondary N) is 2. The Labute approximate surface area is 493 Å². The number of phenols is 1. The Morgan fingerprint density at radius 2 is 1.66 bits per heavy atom. The molecule has 3 amide bonds. The number of amides is 3. The summed E-state index contributed by atoms with van der Waals surface area (Å²) in [4.78, 5) is 73.0. The Kier molecular flexibility index (Phi) is 19.0. The van der Waals surface area contributed by atoms with E-state index in [9.17, 15) is 19.5 Å². The summed E-state index contributed by atoms with van der Waals surface area (Å²) < 4.78 is 29.9. The minimum absolute atomic E-state index is 0.0266. The number of fused-ring (bicyclic) bond motifs is 4. The van der Waals surface area contributed by atoms with Gasteiger partial charge in [0.05, 0.1) is 33.5 Å². The molecular formula is C64H82BFN10O6S. The molecule has 16 nitrogen and oxygen atoms in total. The molecule has 83 heavy (non-hydrogen) atoms. The number of hydrogen-bond donors (Lipinski definition) is 3. The van der Waals surface area contributed by atoms with Crippen LogP contribution in [0, 0.1) is 24.1 Å². The number of carbonyl (C=O) groups is 3. The number of benzene rings is 3. The standard InChI is InChI=1S/C60H70BFN10O6S.2C2H6/c1-7-38-10-8-11-41-28-44(73)29-45(48(38)41)50-49(62)51-46(30-63-50)53(71-31-42-17-18-43(32-71)66-42)68-57(67-51)77-27-26-70-24-19-37(20-25-70)33-78-59(21-22-59)55(75)69-60(61,58(4,5)6)56(76)72-23-9-12-47(72)54(74)65-35(2)39-13-15-40(16-14-39)52-36(3)64-34-79-52;2*1-2/h8,10-11,13-16,28-30,34,37,42-43,47,66,73H,7,9,12,17-27,31-33H2,1-6H3,(H,69,75);2*1-2H3. The van der Waals surface area contributed by atoms with Crippen molar-refractivity contribution >= 4 is 70.1 Å². The van der Waals surface area contributed by atoms with E-state index in [2.05, 4.69) is 37.3 Å². The van der Waals surface area contributed by atoms with Crippen molar-refractivity contribution in [2.45, 2.75) is 156 Å². The average Bonchev–Trinajstić information content (AvgIpc) is 3.24. The van der Waals surface area contributed by atoms with Crippen molar-refractivity contribution < 1.29 is 33.4 Å². The number of aryl methyl sites for hydroxylation is 2. The van der Waals surface area contributed by atoms with E-state index in [0.29, 0.717) is 79.9 Å². The lowest BCUT2D eigenvalue weighted by Crippen LogP contribution is -2.69. The molecule has 1 saturated carbocycles. The van der Waals surface area contributed by atoms with Crippen LogP contribution in [0.2, 0.25) is 0 Å². The maximum Gasteiger partial charge on any atom is 0.319 e. The molecule has 4 unspecified atom stereocenters. The van der Waals surface area contributed by atoms with Gasteiger partial charge in [-0.05, 0) is 136 Å². The highest BCUT2D eigenvalue weighted by molar-refractivity contribution is 7.13. The molecule has 1 aliphatic carbocycles. The molecule has 4 aliphatic heterocycles. The summed E-state index contributed by atoms with van der Waals surface area (Å²) in [5.74, 6) is -1.12. The van der Waals surface area contributed by atoms with Crippen LogP contribution in [0.4, 0.5) is 10.2 Å². The number of hydrogen-bond acceptors (Lipinski definition) is 14. The van der Waals surface area contributed by atoms with Gasteiger partial charge in [-0.15, -0.1) is 11.3 Å². The molecule has 3 N–H and O–H groups in total. The molecule has 440 valence electrons. The predicted octanol–water partition coefficient (Wildman–Crippen LogP) is 10.4. The molecule has 2 radical (unpaired) electrons. The number of carbonyl (C=O) groups excluding carboxylic acids is 3. The van der Waals surface area contributed by atoms with Crippen molar-refractivity contribution in [3.05, 3.63) is 88.9 Å². The molecule has 3 aromatic heterocycles. The smallest absolute Gasteiger partial charge is 0.319 e. The number of aliphatic imine (C=N–C) groups is 1. The third-order valence-corrected chi connectivity index (χ3v) is 18.1. The molecule has 11 rings (SSSR count). The van der Waals surface area contributed by atoms with Gasteiger partial charge in [0.1, 0.15) is 48.9 Å². The van der Waals surface area contributed by atoms with E-state index in [-0.39, 0.29) is 35.5 Å². The number of thiazole rings is 1. The van der Waals surface area contributed by atoms with Crippen molar-refractivity contribution in [2.75, 3.05) is 57.4 Å². The molecule has 4 saturated heterocycles. The Balaban J connectivity index is 0.00000203. The minimum Gasteiger partial charge on any atom is -0.508 e. The van der Waals surface area contributed by atoms with Crippen molar-refractivity contribution in [3.8, 4) is 33.5 Å². The summed E-state index contributed by atoms with van der Waals surface area (Å²) in [5.41, 5.74) is 3.08. The molecule has 4 atom stereocenters. The molecule has 19 heteroatoms. The number of aromatic hydroxyl groups is 1. The first-order valence-electron chi connectivity index (χ1n) is 30.1. The van der Waals surface area contributed by atoms with Crippen LogP contribution in [-0.4, -0.2) is 148 Å². The topological polar surface area (TPSA) is 188 Å². The first-order chi connectivity index (χ1) is 39.9. The monoisotopic (exact) mass is 1150 g/mol. The number of piperazine rings is 1. The highest BCUT2D eigenvalue weighted by Gasteiger charge is 2.57. The Hall–Kier alpha value is -6.41. The number of aromatic nitrogens is 4. The Morgan fingerprint density at radius 1 is 0.952 bits per heavy atom. The molecule has 6 aromatic rings. The average molecular weight is 1150 g/mol. The third kappa shape index (κ3) is 12.8. The summed E-state index contributed by atoms with van der Waals surface area (Å²) in [6, 6.07) is 16.9. The van der Waals surface area contributed by atoms with Gasteiger partial charge in [-0.3, -0.25) is 24.3 Å². The molecule has 7 heterocycles. The number of anilines is 1. The van der Waals surface area contributed by atoms with E-state index in [4.69, 9.17) is 32.3 Å². The number of pyridine rings is 1. The normalized spacial score (nSPS) is 20.5. The zero-order valence-electron chi connectivity index (χ0n) is 50.1. The van der Waals surface area contributed by atoms with Crippen molar-refractivity contribution in [3.63, 3.8) is 0 Å². The number of ether oxygens (including phenoxy) is 2. The highest BCUT2D eigenvalue weighted by Crippen LogP contribution is 2.44. The second-order valence-electron chi connectivity index (χ2n) is 23.4. The molecule has 3 aromatic carbocycles. The van der Waals surface area contributed by atoms with Crippen LogP contribution in [-0.2, 0) is 25.5 Å². The lowest BCUT2D eigenvalue weighted by molar-refractivity contribution is -0.149. The van der Waals surface area contributed by atoms with E-state index in [1.54, 1.807) is 36.6 Å². The maximum absolute atomic E-state index is 17.1. The zero-order valence-corrected chi connectivity index (χ0v) is 50.9. The van der Waals surface area contributed by atoms with Crippen molar-refractivity contribution in [1.29, 1.82) is 0 Å². The fourth-order valence-corrected chi connectivity index (χ4v) is 12.8. The molecule has 0 spiro atoms. The van der Waals surface area contributed by atoms with Gasteiger partial charge >= 0.3 is 6.01 Å². The summed E-state index contributed by atoms with van der Waals surface area (Å²) in [7, 11) is 7.03. The summed E-state index contributed by atoms with van der Waals surface area (Å²) in [6.45, 7) is 23.9. The SMILES string of the molecule is CC.CC.[B]C(NC(=O)C1(OCC2CCN(CCOc3nc(N4CC5CCC(C4)N5)c4cnc(-c5cc(O)cc6cccc(CC)c56)c(F)c4n3)CC2)CC1)(C(=O)N1CCCC1C(=O)N=C(C)c1ccc(-c2scnc2C)cc1)C(C)(C)C. The molecule has 2 bridgehead atoms. The maximum atomic E-state index is 17.1. The van der Waals surface area contributed by atoms with Gasteiger partial charge < -0.3 is 35.0 Å². The van der Waals surface area contributed by atoms with Crippen LogP contribution in [0.1, 0.15) is 131 Å². The lowest BCUT2D eigenvalue weighted by atomic mass is 9.59. The van der Waals surface area contributed by atoms with Crippen LogP contribution in [0.25, 0.3) is 43.4 Å². The highest BCUT2D eigenvalue weighted by atomic mass is 32.1. The van der Waals surface area contributed by atoms with Crippen molar-refractivity contribution in [2.24, 2.45) is 16.3 Å². The number of likely N-dealkylation sites (tertiary alicyclic amines) is 2. The molecule has 5 fully saturated rings. The third-order valence-electron chi connectivity index (χ3n) is 17.1. The Bertz CT molecular complexity index is 3330. The number of halogens is 1. The van der Waals surface area contributed by atoms with Gasteiger partial charge in [-0.25, -0.2) is 14.4 Å². The molecule has 5 aliphatic rings. The van der Waals surface area contributed by atoms with Gasteiger partial charge in [-0.1, -0.05) is 97.9 Å². The van der Waals surface area contributed by atoms with E-state index < -0.39 is 46.0 Å². The van der Waals surface area contributed by atoms with E-state index >= 15 is 4.39 Å². The lowest BCUT2D eigenvalue weighted by Gasteiger charge is -2.45. The minimum atomic E-state index is -1.83. The van der Waals surface area contributed by atoms with E-state index in [0.717, 1.165) is 96.3 Å².